The molecule has 138 valence electrons. The van der Waals surface area contributed by atoms with Crippen molar-refractivity contribution in [3.8, 4) is 11.8 Å². The van der Waals surface area contributed by atoms with Gasteiger partial charge in [0, 0.05) is 6.42 Å². The SMILES string of the molecule is O=C(O)CC/C=C1/C[C@H]2C(C#CC(O)C3CCCCC3)[C@@H](O)CC[C@@H]12. The second-order valence-corrected chi connectivity index (χ2v) is 7.99. The van der Waals surface area contributed by atoms with E-state index >= 15 is 0 Å². The van der Waals surface area contributed by atoms with Gasteiger partial charge in [-0.15, -0.1) is 0 Å². The maximum absolute atomic E-state index is 10.6. The summed E-state index contributed by atoms with van der Waals surface area (Å²) in [7, 11) is 0. The van der Waals surface area contributed by atoms with Crippen LogP contribution in [0.25, 0.3) is 0 Å². The molecular formula is C21H30O4. The van der Waals surface area contributed by atoms with Gasteiger partial charge in [0.05, 0.1) is 12.0 Å². The topological polar surface area (TPSA) is 77.8 Å². The van der Waals surface area contributed by atoms with Gasteiger partial charge in [0.15, 0.2) is 0 Å². The van der Waals surface area contributed by atoms with Crippen molar-refractivity contribution in [1.82, 2.24) is 0 Å². The number of hydrogen-bond acceptors (Lipinski definition) is 3. The zero-order chi connectivity index (χ0) is 17.8. The van der Waals surface area contributed by atoms with Crippen molar-refractivity contribution < 1.29 is 20.1 Å². The van der Waals surface area contributed by atoms with E-state index in [-0.39, 0.29) is 12.3 Å². The molecule has 4 heteroatoms. The molecule has 0 heterocycles. The molecule has 0 saturated heterocycles. The Hall–Kier alpha value is -1.31. The van der Waals surface area contributed by atoms with E-state index in [0.29, 0.717) is 24.2 Å². The highest BCUT2D eigenvalue weighted by Gasteiger charge is 2.46. The molecule has 0 spiro atoms. The molecule has 2 unspecified atom stereocenters. The molecule has 3 N–H and O–H groups in total. The molecule has 0 amide bonds. The predicted molar refractivity (Wildman–Crippen MR) is 95.6 cm³/mol. The first-order valence-corrected chi connectivity index (χ1v) is 9.84. The Labute approximate surface area is 150 Å². The number of carbonyl (C=O) groups is 1. The van der Waals surface area contributed by atoms with E-state index in [4.69, 9.17) is 5.11 Å². The molecule has 0 aromatic rings. The Morgan fingerprint density at radius 1 is 1.20 bits per heavy atom. The lowest BCUT2D eigenvalue weighted by Crippen LogP contribution is -2.44. The average Bonchev–Trinajstić information content (AvgIpc) is 2.59. The molecule has 25 heavy (non-hydrogen) atoms. The summed E-state index contributed by atoms with van der Waals surface area (Å²) in [6.45, 7) is 0. The molecule has 3 rings (SSSR count). The lowest BCUT2D eigenvalue weighted by Gasteiger charge is -2.48. The van der Waals surface area contributed by atoms with Crippen molar-refractivity contribution in [2.24, 2.45) is 23.7 Å². The minimum Gasteiger partial charge on any atom is -0.481 e. The molecule has 3 fully saturated rings. The first-order valence-electron chi connectivity index (χ1n) is 9.84. The summed E-state index contributed by atoms with van der Waals surface area (Å²) in [4.78, 5) is 10.6. The van der Waals surface area contributed by atoms with Crippen molar-refractivity contribution in [1.29, 1.82) is 0 Å². The summed E-state index contributed by atoms with van der Waals surface area (Å²) >= 11 is 0. The molecule has 0 aliphatic heterocycles. The molecule has 0 bridgehead atoms. The molecule has 3 aliphatic carbocycles. The summed E-state index contributed by atoms with van der Waals surface area (Å²) < 4.78 is 0. The van der Waals surface area contributed by atoms with Gasteiger partial charge in [-0.1, -0.05) is 42.8 Å². The molecule has 3 saturated carbocycles. The monoisotopic (exact) mass is 346 g/mol. The Balaban J connectivity index is 1.58. The second kappa shape index (κ2) is 8.38. The Morgan fingerprint density at radius 3 is 2.68 bits per heavy atom. The van der Waals surface area contributed by atoms with Gasteiger partial charge in [0.25, 0.3) is 0 Å². The van der Waals surface area contributed by atoms with Crippen LogP contribution in [0.4, 0.5) is 0 Å². The third kappa shape index (κ3) is 4.46. The fourth-order valence-electron chi connectivity index (χ4n) is 4.84. The number of carboxylic acid groups (broad SMARTS) is 1. The number of rotatable bonds is 4. The largest absolute Gasteiger partial charge is 0.481 e. The van der Waals surface area contributed by atoms with E-state index in [1.165, 1.54) is 24.8 Å². The van der Waals surface area contributed by atoms with Gasteiger partial charge in [0.2, 0.25) is 0 Å². The lowest BCUT2D eigenvalue weighted by molar-refractivity contribution is -0.136. The van der Waals surface area contributed by atoms with Crippen LogP contribution >= 0.6 is 0 Å². The van der Waals surface area contributed by atoms with Crippen LogP contribution in [0.3, 0.4) is 0 Å². The van der Waals surface area contributed by atoms with Crippen molar-refractivity contribution in [2.45, 2.75) is 76.4 Å². The number of allylic oxidation sites excluding steroid dienone is 2. The van der Waals surface area contributed by atoms with Gasteiger partial charge in [0.1, 0.15) is 6.10 Å². The van der Waals surface area contributed by atoms with Crippen LogP contribution in [0.2, 0.25) is 0 Å². The van der Waals surface area contributed by atoms with E-state index in [1.54, 1.807) is 0 Å². The Morgan fingerprint density at radius 2 is 1.96 bits per heavy atom. The maximum atomic E-state index is 10.6. The van der Waals surface area contributed by atoms with E-state index in [9.17, 15) is 15.0 Å². The third-order valence-electron chi connectivity index (χ3n) is 6.37. The fourth-order valence-corrected chi connectivity index (χ4v) is 4.84. The summed E-state index contributed by atoms with van der Waals surface area (Å²) in [5.74, 6) is 6.59. The predicted octanol–water partition coefficient (Wildman–Crippen LogP) is 3.13. The average molecular weight is 346 g/mol. The van der Waals surface area contributed by atoms with Crippen molar-refractivity contribution >= 4 is 5.97 Å². The zero-order valence-corrected chi connectivity index (χ0v) is 14.9. The maximum Gasteiger partial charge on any atom is 0.303 e. The number of hydrogen-bond donors (Lipinski definition) is 3. The standard InChI is InChI=1S/C21H30O4/c22-19(14-5-2-1-3-6-14)11-10-17-18-13-15(7-4-8-21(24)25)16(18)9-12-20(17)23/h7,14,16-20,22-23H,1-6,8-9,12-13H2,(H,24,25)/b15-7-/t16-,17?,18+,19?,20-/m0/s1. The summed E-state index contributed by atoms with van der Waals surface area (Å²) in [6.07, 6.45) is 10.3. The molecule has 3 aliphatic rings. The van der Waals surface area contributed by atoms with Crippen molar-refractivity contribution in [3.05, 3.63) is 11.6 Å². The summed E-state index contributed by atoms with van der Waals surface area (Å²) in [5, 5.41) is 29.5. The Kier molecular flexibility index (Phi) is 6.19. The molecule has 0 aromatic heterocycles. The number of aliphatic carboxylic acids is 1. The summed E-state index contributed by atoms with van der Waals surface area (Å²) in [5.41, 5.74) is 1.35. The van der Waals surface area contributed by atoms with Crippen LogP contribution in [0.5, 0.6) is 0 Å². The van der Waals surface area contributed by atoms with Gasteiger partial charge < -0.3 is 15.3 Å². The minimum absolute atomic E-state index is 0.0476. The Bertz CT molecular complexity index is 564. The third-order valence-corrected chi connectivity index (χ3v) is 6.37. The number of carboxylic acids is 1. The van der Waals surface area contributed by atoms with Crippen LogP contribution in [0, 0.1) is 35.5 Å². The highest BCUT2D eigenvalue weighted by Crippen LogP contribution is 2.51. The van der Waals surface area contributed by atoms with Crippen LogP contribution in [-0.4, -0.2) is 33.5 Å². The van der Waals surface area contributed by atoms with Gasteiger partial charge in [-0.25, -0.2) is 0 Å². The van der Waals surface area contributed by atoms with Gasteiger partial charge in [-0.3, -0.25) is 4.79 Å². The summed E-state index contributed by atoms with van der Waals surface area (Å²) in [6, 6.07) is 0. The van der Waals surface area contributed by atoms with E-state index < -0.39 is 18.2 Å². The number of fused-ring (bicyclic) bond motifs is 1. The minimum atomic E-state index is -0.757. The first kappa shape index (κ1) is 18.5. The van der Waals surface area contributed by atoms with Crippen LogP contribution in [-0.2, 0) is 4.79 Å². The number of aliphatic hydroxyl groups is 2. The number of aliphatic hydroxyl groups excluding tert-OH is 2. The zero-order valence-electron chi connectivity index (χ0n) is 14.9. The molecule has 0 aromatic carbocycles. The lowest BCUT2D eigenvalue weighted by atomic mass is 9.57. The molecular weight excluding hydrogens is 316 g/mol. The molecule has 5 atom stereocenters. The smallest absolute Gasteiger partial charge is 0.303 e. The van der Waals surface area contributed by atoms with Crippen molar-refractivity contribution in [3.63, 3.8) is 0 Å². The van der Waals surface area contributed by atoms with E-state index in [1.807, 2.05) is 0 Å². The van der Waals surface area contributed by atoms with Gasteiger partial charge >= 0.3 is 5.97 Å². The normalized spacial score (nSPS) is 35.2. The van der Waals surface area contributed by atoms with Gasteiger partial charge in [-0.2, -0.15) is 0 Å². The van der Waals surface area contributed by atoms with Gasteiger partial charge in [-0.05, 0) is 56.3 Å². The van der Waals surface area contributed by atoms with E-state index in [0.717, 1.165) is 32.1 Å². The quantitative estimate of drug-likeness (QED) is 0.540. The molecule has 0 radical (unpaired) electrons. The molecule has 4 nitrogen and oxygen atoms in total. The second-order valence-electron chi connectivity index (χ2n) is 7.99. The highest BCUT2D eigenvalue weighted by atomic mass is 16.4. The fraction of sp³-hybridized carbons (Fsp3) is 0.762. The first-order chi connectivity index (χ1) is 12.1. The van der Waals surface area contributed by atoms with Crippen molar-refractivity contribution in [2.75, 3.05) is 0 Å². The van der Waals surface area contributed by atoms with Crippen LogP contribution in [0.1, 0.15) is 64.2 Å². The van der Waals surface area contributed by atoms with Crippen LogP contribution in [0.15, 0.2) is 11.6 Å². The highest BCUT2D eigenvalue weighted by molar-refractivity contribution is 5.66. The van der Waals surface area contributed by atoms with E-state index in [2.05, 4.69) is 17.9 Å². The van der Waals surface area contributed by atoms with Crippen LogP contribution < -0.4 is 0 Å².